The van der Waals surface area contributed by atoms with Crippen molar-refractivity contribution in [3.63, 3.8) is 0 Å². The first-order valence-electron chi connectivity index (χ1n) is 5.43. The van der Waals surface area contributed by atoms with Gasteiger partial charge in [0.25, 0.3) is 0 Å². The number of aromatic nitrogens is 2. The number of nitrogens with zero attached hydrogens (tertiary/aromatic N) is 2. The van der Waals surface area contributed by atoms with E-state index in [1.165, 1.54) is 0 Å². The van der Waals surface area contributed by atoms with Crippen molar-refractivity contribution in [1.82, 2.24) is 9.55 Å². The summed E-state index contributed by atoms with van der Waals surface area (Å²) in [5.74, 6) is 2.06. The van der Waals surface area contributed by atoms with Crippen LogP contribution in [0.25, 0.3) is 0 Å². The maximum absolute atomic E-state index is 13.9. The number of hydrogen-bond donors (Lipinski definition) is 3. The van der Waals surface area contributed by atoms with Gasteiger partial charge in [-0.15, -0.1) is 6.42 Å². The van der Waals surface area contributed by atoms with E-state index in [2.05, 4.69) is 10.9 Å². The van der Waals surface area contributed by atoms with Crippen LogP contribution in [0.4, 0.5) is 10.2 Å². The number of halogens is 1. The van der Waals surface area contributed by atoms with Crippen molar-refractivity contribution in [2.75, 3.05) is 12.3 Å². The number of hydrogen-bond acceptors (Lipinski definition) is 6. The Balaban J connectivity index is 2.44. The standard InChI is InChI=1S/C11H12FN3O4/c1-2-5-3-15(11(18)14-9(5)13)10-7(12)8(17)6(4-16)19-10/h1,3,6-8,10,16-17H,4H2,(H2,13,14,18)/t6-,7+,8-,10+/m1/s1. The third-order valence-corrected chi connectivity index (χ3v) is 2.88. The number of anilines is 1. The van der Waals surface area contributed by atoms with Crippen molar-refractivity contribution in [2.24, 2.45) is 0 Å². The van der Waals surface area contributed by atoms with Crippen molar-refractivity contribution in [1.29, 1.82) is 0 Å². The molecule has 1 aromatic rings. The second-order valence-corrected chi connectivity index (χ2v) is 4.06. The summed E-state index contributed by atoms with van der Waals surface area (Å²) >= 11 is 0. The molecule has 0 aromatic carbocycles. The van der Waals surface area contributed by atoms with E-state index in [-0.39, 0.29) is 11.4 Å². The normalized spacial score (nSPS) is 30.2. The Hall–Kier alpha value is -1.95. The minimum Gasteiger partial charge on any atom is -0.394 e. The molecule has 8 heteroatoms. The molecule has 1 fully saturated rings. The number of ether oxygens (including phenoxy) is 1. The van der Waals surface area contributed by atoms with Crippen LogP contribution in [0.2, 0.25) is 0 Å². The van der Waals surface area contributed by atoms with E-state index in [0.717, 1.165) is 10.8 Å². The molecule has 1 aliphatic rings. The van der Waals surface area contributed by atoms with Gasteiger partial charge in [-0.1, -0.05) is 5.92 Å². The topological polar surface area (TPSA) is 111 Å². The molecule has 1 aromatic heterocycles. The molecule has 0 aliphatic carbocycles. The number of nitrogens with two attached hydrogens (primary N) is 1. The molecule has 0 saturated carbocycles. The highest BCUT2D eigenvalue weighted by Gasteiger charge is 2.45. The van der Waals surface area contributed by atoms with Gasteiger partial charge in [-0.05, 0) is 0 Å². The molecule has 2 heterocycles. The summed E-state index contributed by atoms with van der Waals surface area (Å²) in [7, 11) is 0. The lowest BCUT2D eigenvalue weighted by atomic mass is 10.1. The van der Waals surface area contributed by atoms with E-state index in [9.17, 15) is 14.3 Å². The summed E-state index contributed by atoms with van der Waals surface area (Å²) in [6.07, 6.45) is 0.376. The molecule has 4 atom stereocenters. The molecule has 1 saturated heterocycles. The molecule has 0 spiro atoms. The second-order valence-electron chi connectivity index (χ2n) is 4.06. The number of nitrogen functional groups attached to an aromatic ring is 1. The zero-order chi connectivity index (χ0) is 14.2. The number of aliphatic hydroxyl groups excluding tert-OH is 2. The van der Waals surface area contributed by atoms with Gasteiger partial charge in [-0.25, -0.2) is 9.18 Å². The van der Waals surface area contributed by atoms with E-state index in [1.54, 1.807) is 0 Å². The van der Waals surface area contributed by atoms with Gasteiger partial charge >= 0.3 is 5.69 Å². The highest BCUT2D eigenvalue weighted by Crippen LogP contribution is 2.30. The minimum absolute atomic E-state index is 0.109. The first kappa shape index (κ1) is 13.5. The maximum atomic E-state index is 13.9. The molecule has 1 aliphatic heterocycles. The summed E-state index contributed by atoms with van der Waals surface area (Å²) in [6.45, 7) is -0.572. The molecule has 102 valence electrons. The van der Waals surface area contributed by atoms with Crippen LogP contribution in [-0.4, -0.2) is 44.8 Å². The number of alkyl halides is 1. The summed E-state index contributed by atoms with van der Waals surface area (Å²) in [6, 6.07) is 0. The predicted octanol–water partition coefficient (Wildman–Crippen LogP) is -1.60. The Morgan fingerprint density at radius 2 is 2.37 bits per heavy atom. The molecule has 0 unspecified atom stereocenters. The quantitative estimate of drug-likeness (QED) is 0.557. The van der Waals surface area contributed by atoms with Gasteiger partial charge in [0.2, 0.25) is 0 Å². The van der Waals surface area contributed by atoms with Gasteiger partial charge in [-0.3, -0.25) is 4.57 Å². The van der Waals surface area contributed by atoms with Crippen LogP contribution in [0.3, 0.4) is 0 Å². The zero-order valence-corrected chi connectivity index (χ0v) is 9.73. The smallest absolute Gasteiger partial charge is 0.351 e. The Bertz CT molecular complexity index is 582. The summed E-state index contributed by atoms with van der Waals surface area (Å²) in [4.78, 5) is 15.1. The van der Waals surface area contributed by atoms with Crippen molar-refractivity contribution in [3.05, 3.63) is 22.2 Å². The van der Waals surface area contributed by atoms with Gasteiger partial charge < -0.3 is 20.7 Å². The monoisotopic (exact) mass is 269 g/mol. The fourth-order valence-electron chi connectivity index (χ4n) is 1.85. The predicted molar refractivity (Wildman–Crippen MR) is 62.7 cm³/mol. The van der Waals surface area contributed by atoms with Gasteiger partial charge in [0, 0.05) is 6.20 Å². The third-order valence-electron chi connectivity index (χ3n) is 2.88. The lowest BCUT2D eigenvalue weighted by molar-refractivity contribution is -0.0491. The first-order chi connectivity index (χ1) is 8.99. The molecule has 4 N–H and O–H groups in total. The average molecular weight is 269 g/mol. The van der Waals surface area contributed by atoms with Crippen LogP contribution in [0.15, 0.2) is 11.0 Å². The fraction of sp³-hybridized carbons (Fsp3) is 0.455. The summed E-state index contributed by atoms with van der Waals surface area (Å²) in [5, 5.41) is 18.4. The Morgan fingerprint density at radius 1 is 1.68 bits per heavy atom. The largest absolute Gasteiger partial charge is 0.394 e. The highest BCUT2D eigenvalue weighted by molar-refractivity contribution is 5.47. The van der Waals surface area contributed by atoms with Crippen LogP contribution in [0.5, 0.6) is 0 Å². The lowest BCUT2D eigenvalue weighted by Gasteiger charge is -2.16. The SMILES string of the molecule is C#Cc1cn([C@H]2O[C@H](CO)[C@@H](O)[C@@H]2F)c(=O)nc1N. The Kier molecular flexibility index (Phi) is 3.53. The van der Waals surface area contributed by atoms with E-state index < -0.39 is 36.9 Å². The molecule has 2 rings (SSSR count). The number of terminal acetylenes is 1. The average Bonchev–Trinajstić information content (AvgIpc) is 2.67. The molecule has 0 amide bonds. The van der Waals surface area contributed by atoms with E-state index >= 15 is 0 Å². The molecular formula is C11H12FN3O4. The summed E-state index contributed by atoms with van der Waals surface area (Å²) < 4.78 is 19.8. The van der Waals surface area contributed by atoms with Crippen molar-refractivity contribution in [3.8, 4) is 12.3 Å². The molecule has 0 bridgehead atoms. The Labute approximate surface area is 107 Å². The molecule has 7 nitrogen and oxygen atoms in total. The first-order valence-corrected chi connectivity index (χ1v) is 5.43. The van der Waals surface area contributed by atoms with Crippen molar-refractivity contribution in [2.45, 2.75) is 24.6 Å². The van der Waals surface area contributed by atoms with Crippen LogP contribution < -0.4 is 11.4 Å². The third kappa shape index (κ3) is 2.19. The van der Waals surface area contributed by atoms with E-state index in [4.69, 9.17) is 22.0 Å². The van der Waals surface area contributed by atoms with Gasteiger partial charge in [-0.2, -0.15) is 4.98 Å². The molecule has 0 radical (unpaired) electrons. The maximum Gasteiger partial charge on any atom is 0.351 e. The van der Waals surface area contributed by atoms with Crippen LogP contribution in [0.1, 0.15) is 11.8 Å². The van der Waals surface area contributed by atoms with Gasteiger partial charge in [0.15, 0.2) is 12.4 Å². The van der Waals surface area contributed by atoms with Crippen LogP contribution >= 0.6 is 0 Å². The number of aliphatic hydroxyl groups is 2. The van der Waals surface area contributed by atoms with Crippen molar-refractivity contribution < 1.29 is 19.3 Å². The zero-order valence-electron chi connectivity index (χ0n) is 9.73. The lowest BCUT2D eigenvalue weighted by Crippen LogP contribution is -2.34. The molecule has 19 heavy (non-hydrogen) atoms. The van der Waals surface area contributed by atoms with Crippen LogP contribution in [-0.2, 0) is 4.74 Å². The van der Waals surface area contributed by atoms with E-state index in [0.29, 0.717) is 0 Å². The summed E-state index contributed by atoms with van der Waals surface area (Å²) in [5.41, 5.74) is 4.68. The minimum atomic E-state index is -1.88. The van der Waals surface area contributed by atoms with E-state index in [1.807, 2.05) is 0 Å². The highest BCUT2D eigenvalue weighted by atomic mass is 19.1. The molecular weight excluding hydrogens is 257 g/mol. The van der Waals surface area contributed by atoms with Crippen molar-refractivity contribution >= 4 is 5.82 Å². The van der Waals surface area contributed by atoms with Gasteiger partial charge in [0.05, 0.1) is 12.2 Å². The van der Waals surface area contributed by atoms with Gasteiger partial charge in [0.1, 0.15) is 18.0 Å². The number of rotatable bonds is 2. The fourth-order valence-corrected chi connectivity index (χ4v) is 1.85. The van der Waals surface area contributed by atoms with Crippen LogP contribution in [0, 0.1) is 12.3 Å². The second kappa shape index (κ2) is 4.97. The Morgan fingerprint density at radius 3 is 2.89 bits per heavy atom.